The number of amides is 1. The molecule has 0 aliphatic carbocycles. The number of ether oxygens (including phenoxy) is 1. The van der Waals surface area contributed by atoms with E-state index in [0.717, 1.165) is 11.3 Å². The van der Waals surface area contributed by atoms with Crippen molar-refractivity contribution in [3.8, 4) is 5.75 Å². The minimum Gasteiger partial charge on any atom is -0.494 e. The summed E-state index contributed by atoms with van der Waals surface area (Å²) in [4.78, 5) is 11.1. The van der Waals surface area contributed by atoms with Crippen molar-refractivity contribution in [2.75, 3.05) is 7.11 Å². The summed E-state index contributed by atoms with van der Waals surface area (Å²) in [5.41, 5.74) is 6.04. The Balaban J connectivity index is 1.77. The van der Waals surface area contributed by atoms with Crippen LogP contribution < -0.4 is 10.5 Å². The topological polar surface area (TPSA) is 96.2 Å². The minimum absolute atomic E-state index is 0.185. The van der Waals surface area contributed by atoms with Crippen molar-refractivity contribution in [3.05, 3.63) is 59.6 Å². The number of hydrogen-bond donors (Lipinski definition) is 1. The molecule has 0 aliphatic rings. The third kappa shape index (κ3) is 4.88. The van der Waals surface area contributed by atoms with Crippen LogP contribution in [0.1, 0.15) is 23.6 Å². The summed E-state index contributed by atoms with van der Waals surface area (Å²) < 4.78 is 26.1. The second-order valence-corrected chi connectivity index (χ2v) is 6.73. The number of aryl methyl sites for hydroxylation is 1. The Morgan fingerprint density at radius 1 is 1.37 bits per heavy atom. The fraction of sp³-hybridized carbons (Fsp3) is 0.278. The first-order valence-electron chi connectivity index (χ1n) is 8.25. The molecule has 2 aromatic heterocycles. The number of methoxy groups -OCH3 is 1. The van der Waals surface area contributed by atoms with Gasteiger partial charge >= 0.3 is 0 Å². The number of thioether (sulfide) groups is 1. The van der Waals surface area contributed by atoms with Crippen LogP contribution in [0.25, 0.3) is 0 Å². The molecule has 0 spiro atoms. The summed E-state index contributed by atoms with van der Waals surface area (Å²) >= 11 is 1.42. The van der Waals surface area contributed by atoms with Crippen LogP contribution >= 0.6 is 11.8 Å². The zero-order valence-electron chi connectivity index (χ0n) is 14.7. The first kappa shape index (κ1) is 19.0. The summed E-state index contributed by atoms with van der Waals surface area (Å²) in [5.74, 6) is 1.30. The van der Waals surface area contributed by atoms with Gasteiger partial charge in [-0.25, -0.2) is 4.39 Å². The van der Waals surface area contributed by atoms with E-state index in [0.29, 0.717) is 29.7 Å². The van der Waals surface area contributed by atoms with Crippen molar-refractivity contribution in [1.82, 2.24) is 14.8 Å². The number of rotatable bonds is 9. The van der Waals surface area contributed by atoms with E-state index >= 15 is 0 Å². The maximum Gasteiger partial charge on any atom is 0.217 e. The highest BCUT2D eigenvalue weighted by Gasteiger charge is 2.15. The number of halogens is 1. The number of nitrogens with two attached hydrogens (primary N) is 1. The first-order valence-corrected chi connectivity index (χ1v) is 9.23. The number of furan rings is 1. The Kier molecular flexibility index (Phi) is 6.12. The van der Waals surface area contributed by atoms with Gasteiger partial charge in [0.1, 0.15) is 11.6 Å². The van der Waals surface area contributed by atoms with Gasteiger partial charge in [-0.1, -0.05) is 17.8 Å². The maximum atomic E-state index is 13.9. The van der Waals surface area contributed by atoms with Gasteiger partial charge in [-0.2, -0.15) is 0 Å². The van der Waals surface area contributed by atoms with Crippen LogP contribution in [0.15, 0.2) is 46.2 Å². The molecular weight excluding hydrogens is 371 g/mol. The summed E-state index contributed by atoms with van der Waals surface area (Å²) in [6.07, 6.45) is 2.17. The van der Waals surface area contributed by atoms with Gasteiger partial charge in [-0.05, 0) is 29.8 Å². The van der Waals surface area contributed by atoms with Crippen molar-refractivity contribution < 1.29 is 18.3 Å². The number of carbonyl (C=O) groups is 1. The van der Waals surface area contributed by atoms with Gasteiger partial charge in [0.2, 0.25) is 5.91 Å². The molecule has 0 saturated carbocycles. The zero-order valence-corrected chi connectivity index (χ0v) is 15.5. The molecule has 3 aromatic rings. The number of aromatic nitrogens is 3. The molecule has 0 radical (unpaired) electrons. The Morgan fingerprint density at radius 2 is 2.22 bits per heavy atom. The molecule has 0 fully saturated rings. The number of benzene rings is 1. The Hall–Kier alpha value is -2.81. The average Bonchev–Trinajstić information content (AvgIpc) is 3.29. The van der Waals surface area contributed by atoms with E-state index in [2.05, 4.69) is 10.2 Å². The SMILES string of the molecule is COc1ccc(CSc2nnc(CCC(N)=O)n2Cc2ccco2)cc1F. The average molecular weight is 390 g/mol. The highest BCUT2D eigenvalue weighted by atomic mass is 32.2. The second kappa shape index (κ2) is 8.72. The number of nitrogens with zero attached hydrogens (tertiary/aromatic N) is 3. The van der Waals surface area contributed by atoms with Crippen LogP contribution in [0, 0.1) is 5.82 Å². The lowest BCUT2D eigenvalue weighted by molar-refractivity contribution is -0.118. The van der Waals surface area contributed by atoms with E-state index in [1.165, 1.54) is 24.9 Å². The van der Waals surface area contributed by atoms with Crippen molar-refractivity contribution >= 4 is 17.7 Å². The Labute approximate surface area is 159 Å². The van der Waals surface area contributed by atoms with E-state index in [1.807, 2.05) is 10.6 Å². The molecule has 7 nitrogen and oxygen atoms in total. The second-order valence-electron chi connectivity index (χ2n) is 5.79. The van der Waals surface area contributed by atoms with Crippen molar-refractivity contribution in [2.45, 2.75) is 30.3 Å². The molecule has 0 atom stereocenters. The van der Waals surface area contributed by atoms with Crippen LogP contribution in [0.4, 0.5) is 4.39 Å². The number of carbonyl (C=O) groups excluding carboxylic acids is 1. The van der Waals surface area contributed by atoms with E-state index < -0.39 is 11.7 Å². The molecule has 142 valence electrons. The predicted molar refractivity (Wildman–Crippen MR) is 97.9 cm³/mol. The van der Waals surface area contributed by atoms with Gasteiger partial charge in [-0.15, -0.1) is 10.2 Å². The van der Waals surface area contributed by atoms with Crippen molar-refractivity contribution in [1.29, 1.82) is 0 Å². The summed E-state index contributed by atoms with van der Waals surface area (Å²) in [5, 5.41) is 9.04. The van der Waals surface area contributed by atoms with Gasteiger partial charge in [0.25, 0.3) is 0 Å². The zero-order chi connectivity index (χ0) is 19.2. The standard InChI is InChI=1S/C18H19FN4O3S/c1-25-15-5-4-12(9-14(15)19)11-27-18-22-21-17(7-6-16(20)24)23(18)10-13-3-2-8-26-13/h2-5,8-9H,6-7,10-11H2,1H3,(H2,20,24). The Bertz CT molecular complexity index is 911. The van der Waals surface area contributed by atoms with E-state index in [9.17, 15) is 9.18 Å². The van der Waals surface area contributed by atoms with Crippen LogP contribution in [0.5, 0.6) is 5.75 Å². The molecule has 1 aromatic carbocycles. The molecule has 2 heterocycles. The third-order valence-corrected chi connectivity index (χ3v) is 4.90. The Morgan fingerprint density at radius 3 is 2.89 bits per heavy atom. The van der Waals surface area contributed by atoms with Crippen LogP contribution in [-0.4, -0.2) is 27.8 Å². The fourth-order valence-corrected chi connectivity index (χ4v) is 3.41. The van der Waals surface area contributed by atoms with Gasteiger partial charge in [0, 0.05) is 18.6 Å². The number of primary amides is 1. The molecule has 0 unspecified atom stereocenters. The molecule has 0 aliphatic heterocycles. The largest absolute Gasteiger partial charge is 0.494 e. The maximum absolute atomic E-state index is 13.9. The van der Waals surface area contributed by atoms with Crippen LogP contribution in [0.3, 0.4) is 0 Å². The van der Waals surface area contributed by atoms with Gasteiger partial charge in [-0.3, -0.25) is 9.36 Å². The highest BCUT2D eigenvalue weighted by molar-refractivity contribution is 7.98. The number of hydrogen-bond acceptors (Lipinski definition) is 6. The highest BCUT2D eigenvalue weighted by Crippen LogP contribution is 2.26. The molecule has 0 bridgehead atoms. The van der Waals surface area contributed by atoms with E-state index in [1.54, 1.807) is 24.5 Å². The van der Waals surface area contributed by atoms with Crippen molar-refractivity contribution in [3.63, 3.8) is 0 Å². The molecule has 27 heavy (non-hydrogen) atoms. The summed E-state index contributed by atoms with van der Waals surface area (Å²) in [6.45, 7) is 0.438. The third-order valence-electron chi connectivity index (χ3n) is 3.87. The van der Waals surface area contributed by atoms with Gasteiger partial charge in [0.15, 0.2) is 16.7 Å². The lowest BCUT2D eigenvalue weighted by Gasteiger charge is -2.09. The molecule has 9 heteroatoms. The molecule has 1 amide bonds. The summed E-state index contributed by atoms with van der Waals surface area (Å²) in [6, 6.07) is 8.49. The predicted octanol–water partition coefficient (Wildman–Crippen LogP) is 2.78. The smallest absolute Gasteiger partial charge is 0.217 e. The quantitative estimate of drug-likeness (QED) is 0.565. The molecule has 2 N–H and O–H groups in total. The molecule has 3 rings (SSSR count). The van der Waals surface area contributed by atoms with E-state index in [-0.39, 0.29) is 12.2 Å². The van der Waals surface area contributed by atoms with Gasteiger partial charge < -0.3 is 14.9 Å². The van der Waals surface area contributed by atoms with Crippen molar-refractivity contribution in [2.24, 2.45) is 5.73 Å². The molecule has 0 saturated heterocycles. The monoisotopic (exact) mass is 390 g/mol. The minimum atomic E-state index is -0.408. The van der Waals surface area contributed by atoms with E-state index in [4.69, 9.17) is 14.9 Å². The van der Waals surface area contributed by atoms with Gasteiger partial charge in [0.05, 0.1) is 19.9 Å². The normalized spacial score (nSPS) is 10.9. The molecular formula is C18H19FN4O3S. The lowest BCUT2D eigenvalue weighted by atomic mass is 10.2. The summed E-state index contributed by atoms with van der Waals surface area (Å²) in [7, 11) is 1.43. The lowest BCUT2D eigenvalue weighted by Crippen LogP contribution is -2.14. The van der Waals surface area contributed by atoms with Crippen LogP contribution in [0.2, 0.25) is 0 Å². The fourth-order valence-electron chi connectivity index (χ4n) is 2.51. The van der Waals surface area contributed by atoms with Crippen LogP contribution in [-0.2, 0) is 23.5 Å². The first-order chi connectivity index (χ1) is 13.1.